The first-order valence-electron chi connectivity index (χ1n) is 7.45. The maximum absolute atomic E-state index is 10.7. The van der Waals surface area contributed by atoms with Crippen molar-refractivity contribution in [1.82, 2.24) is 19.5 Å². The Hall–Kier alpha value is -1.51. The number of nitrogens with zero attached hydrogens (tertiary/aromatic N) is 4. The van der Waals surface area contributed by atoms with Gasteiger partial charge in [0.1, 0.15) is 30.2 Å². The lowest BCUT2D eigenvalue weighted by atomic mass is 10.1. The number of nitrogens with two attached hydrogens (primary N) is 1. The molecule has 1 aliphatic rings. The van der Waals surface area contributed by atoms with E-state index in [0.29, 0.717) is 5.52 Å². The van der Waals surface area contributed by atoms with Crippen molar-refractivity contribution in [2.75, 3.05) is 19.0 Å². The number of hydrogen-bond acceptors (Lipinski definition) is 10. The lowest BCUT2D eigenvalue weighted by Crippen LogP contribution is -2.33. The Morgan fingerprint density at radius 2 is 1.79 bits per heavy atom. The van der Waals surface area contributed by atoms with E-state index in [1.54, 1.807) is 0 Å². The molecular weight excluding hydrogens is 424 g/mol. The van der Waals surface area contributed by atoms with Crippen molar-refractivity contribution < 1.29 is 48.2 Å². The summed E-state index contributed by atoms with van der Waals surface area (Å²) in [5.41, 5.74) is 6.25. The van der Waals surface area contributed by atoms with E-state index in [2.05, 4.69) is 19.5 Å². The molecule has 2 aromatic heterocycles. The first-order chi connectivity index (χ1) is 12.8. The van der Waals surface area contributed by atoms with Crippen LogP contribution in [0.5, 0.6) is 0 Å². The third kappa shape index (κ3) is 5.99. The number of nitrogen functional groups attached to an aromatic ring is 1. The summed E-state index contributed by atoms with van der Waals surface area (Å²) in [7, 11) is -8.36. The number of phosphoric acid groups is 1. The van der Waals surface area contributed by atoms with Crippen molar-refractivity contribution in [2.24, 2.45) is 0 Å². The van der Waals surface area contributed by atoms with Gasteiger partial charge in [-0.15, -0.1) is 0 Å². The van der Waals surface area contributed by atoms with E-state index in [1.165, 1.54) is 17.2 Å². The molecule has 0 aliphatic carbocycles. The van der Waals surface area contributed by atoms with Gasteiger partial charge < -0.3 is 40.3 Å². The predicted molar refractivity (Wildman–Crippen MR) is 91.6 cm³/mol. The van der Waals surface area contributed by atoms with Gasteiger partial charge in [-0.05, 0) is 0 Å². The van der Waals surface area contributed by atoms with Crippen molar-refractivity contribution >= 4 is 32.4 Å². The molecule has 1 aliphatic heterocycles. The van der Waals surface area contributed by atoms with Gasteiger partial charge in [-0.25, -0.2) is 19.5 Å². The monoisotopic (exact) mass is 443 g/mol. The number of hydrogen-bond donors (Lipinski definition) is 7. The van der Waals surface area contributed by atoms with Crippen LogP contribution in [0.3, 0.4) is 0 Å². The van der Waals surface area contributed by atoms with Gasteiger partial charge in [0, 0.05) is 6.66 Å². The first kappa shape index (κ1) is 22.8. The molecule has 0 radical (unpaired) electrons. The molecule has 0 spiro atoms. The molecule has 1 saturated heterocycles. The van der Waals surface area contributed by atoms with E-state index in [9.17, 15) is 19.3 Å². The topological polar surface area (TPSA) is 244 Å². The lowest BCUT2D eigenvalue weighted by Gasteiger charge is -2.16. The van der Waals surface area contributed by atoms with Crippen LogP contribution in [0.15, 0.2) is 12.7 Å². The molecule has 4 atom stereocenters. The zero-order chi connectivity index (χ0) is 21.3. The van der Waals surface area contributed by atoms with Gasteiger partial charge in [-0.1, -0.05) is 0 Å². The fourth-order valence-electron chi connectivity index (χ4n) is 2.32. The van der Waals surface area contributed by atoms with Gasteiger partial charge in [0.15, 0.2) is 17.7 Å². The third-order valence-corrected chi connectivity index (χ3v) is 3.89. The number of rotatable bonds is 4. The van der Waals surface area contributed by atoms with Gasteiger partial charge in [0.05, 0.1) is 12.9 Å². The minimum Gasteiger partial charge on any atom is -0.387 e. The molecule has 17 heteroatoms. The molecule has 0 amide bonds. The number of anilines is 1. The molecule has 0 saturated carbocycles. The Morgan fingerprint density at radius 1 is 1.18 bits per heavy atom. The van der Waals surface area contributed by atoms with Gasteiger partial charge in [0.25, 0.3) is 0 Å². The molecule has 3 rings (SSSR count). The molecule has 1 fully saturated rings. The summed E-state index contributed by atoms with van der Waals surface area (Å²) in [6.45, 7) is 0.260. The Morgan fingerprint density at radius 3 is 2.36 bits per heavy atom. The molecular formula is C11H19N5O10P2. The summed E-state index contributed by atoms with van der Waals surface area (Å²) in [6.07, 6.45) is -2.49. The molecule has 2 aromatic rings. The van der Waals surface area contributed by atoms with E-state index in [1.807, 2.05) is 0 Å². The second kappa shape index (κ2) is 8.47. The third-order valence-electron chi connectivity index (χ3n) is 3.41. The molecule has 8 N–H and O–H groups in total. The summed E-state index contributed by atoms with van der Waals surface area (Å²) >= 11 is 0. The molecule has 158 valence electrons. The summed E-state index contributed by atoms with van der Waals surface area (Å²) in [5, 5.41) is 20.1. The number of aromatic nitrogens is 4. The average Bonchev–Trinajstić information content (AvgIpc) is 3.07. The zero-order valence-corrected chi connectivity index (χ0v) is 16.0. The van der Waals surface area contributed by atoms with E-state index < -0.39 is 46.6 Å². The van der Waals surface area contributed by atoms with Crippen LogP contribution >= 0.6 is 15.4 Å². The molecule has 0 bridgehead atoms. The number of aliphatic hydroxyl groups is 2. The highest BCUT2D eigenvalue weighted by atomic mass is 31.2. The van der Waals surface area contributed by atoms with Crippen LogP contribution in [0.25, 0.3) is 11.2 Å². The minimum atomic E-state index is -4.72. The number of ether oxygens (including phenoxy) is 1. The van der Waals surface area contributed by atoms with Crippen LogP contribution in [0.2, 0.25) is 0 Å². The Bertz CT molecular complexity index is 904. The average molecular weight is 443 g/mol. The second-order valence-corrected chi connectivity index (χ2v) is 8.66. The summed E-state index contributed by atoms with van der Waals surface area (Å²) < 4.78 is 31.1. The van der Waals surface area contributed by atoms with Crippen molar-refractivity contribution in [3.63, 3.8) is 0 Å². The summed E-state index contributed by atoms with van der Waals surface area (Å²) in [5.74, 6) is 0.142. The number of imidazole rings is 1. The Balaban J connectivity index is 0.000000500. The Kier molecular flexibility index (Phi) is 6.89. The molecule has 3 heterocycles. The Labute approximate surface area is 157 Å². The maximum atomic E-state index is 10.7. The van der Waals surface area contributed by atoms with E-state index >= 15 is 0 Å². The predicted octanol–water partition coefficient (Wildman–Crippen LogP) is -2.07. The highest BCUT2D eigenvalue weighted by Gasteiger charge is 2.45. The SMILES string of the molecule is CP(=O)(O)O.Nc1ncnc2c1ncn2[C@@H]1O[C@H](COP(=O)(O)O)[C@@H](O)[C@H]1O. The number of phosphoric ester groups is 1. The van der Waals surface area contributed by atoms with Crippen molar-refractivity contribution in [2.45, 2.75) is 24.5 Å². The molecule has 0 unspecified atom stereocenters. The fourth-order valence-corrected chi connectivity index (χ4v) is 2.66. The highest BCUT2D eigenvalue weighted by Crippen LogP contribution is 2.38. The van der Waals surface area contributed by atoms with Gasteiger partial charge in [-0.2, -0.15) is 0 Å². The van der Waals surface area contributed by atoms with Crippen molar-refractivity contribution in [3.05, 3.63) is 12.7 Å². The number of aliphatic hydroxyl groups excluding tert-OH is 2. The van der Waals surface area contributed by atoms with E-state index in [0.717, 1.165) is 6.66 Å². The molecule has 0 aromatic carbocycles. The van der Waals surface area contributed by atoms with Gasteiger partial charge in [0.2, 0.25) is 0 Å². The van der Waals surface area contributed by atoms with Crippen LogP contribution < -0.4 is 5.73 Å². The van der Waals surface area contributed by atoms with Crippen LogP contribution in [-0.4, -0.2) is 80.9 Å². The molecule has 28 heavy (non-hydrogen) atoms. The second-order valence-electron chi connectivity index (χ2n) is 5.75. The van der Waals surface area contributed by atoms with Crippen LogP contribution in [0.1, 0.15) is 6.23 Å². The van der Waals surface area contributed by atoms with Crippen molar-refractivity contribution in [1.29, 1.82) is 0 Å². The smallest absolute Gasteiger partial charge is 0.387 e. The van der Waals surface area contributed by atoms with Crippen molar-refractivity contribution in [3.8, 4) is 0 Å². The standard InChI is InChI=1S/C10H14N5O7P.CH5O3P/c11-8-5-9(13-2-12-8)15(3-14-5)10-7(17)6(16)4(22-10)1-21-23(18,19)20;1-5(2,3)4/h2-4,6-7,10,16-17H,1H2,(H2,11,12,13)(H2,18,19,20);1H3,(H2,2,3,4)/t4-,6-,7-,10-;/m1./s1. The normalized spacial score (nSPS) is 25.5. The van der Waals surface area contributed by atoms with Crippen LogP contribution in [0, 0.1) is 0 Å². The summed E-state index contributed by atoms with van der Waals surface area (Å²) in [4.78, 5) is 44.5. The summed E-state index contributed by atoms with van der Waals surface area (Å²) in [6, 6.07) is 0. The molecule has 15 nitrogen and oxygen atoms in total. The van der Waals surface area contributed by atoms with Crippen LogP contribution in [-0.2, 0) is 18.4 Å². The minimum absolute atomic E-state index is 0.142. The fraction of sp³-hybridized carbons (Fsp3) is 0.545. The lowest BCUT2D eigenvalue weighted by molar-refractivity contribution is -0.0504. The van der Waals surface area contributed by atoms with Crippen LogP contribution in [0.4, 0.5) is 5.82 Å². The largest absolute Gasteiger partial charge is 0.469 e. The van der Waals surface area contributed by atoms with Gasteiger partial charge in [-0.3, -0.25) is 13.7 Å². The number of fused-ring (bicyclic) bond motifs is 1. The van der Waals surface area contributed by atoms with E-state index in [-0.39, 0.29) is 11.5 Å². The highest BCUT2D eigenvalue weighted by molar-refractivity contribution is 7.50. The zero-order valence-electron chi connectivity index (χ0n) is 14.2. The maximum Gasteiger partial charge on any atom is 0.469 e. The van der Waals surface area contributed by atoms with Gasteiger partial charge >= 0.3 is 15.4 Å². The van der Waals surface area contributed by atoms with E-state index in [4.69, 9.17) is 30.0 Å². The first-order valence-corrected chi connectivity index (χ1v) is 11.0. The quantitative estimate of drug-likeness (QED) is 0.251.